The van der Waals surface area contributed by atoms with E-state index < -0.39 is 29.5 Å². The van der Waals surface area contributed by atoms with Crippen molar-refractivity contribution in [2.24, 2.45) is 17.8 Å². The van der Waals surface area contributed by atoms with Crippen molar-refractivity contribution < 1.29 is 19.4 Å². The summed E-state index contributed by atoms with van der Waals surface area (Å²) >= 11 is 0. The Kier molecular flexibility index (Phi) is 2.32. The summed E-state index contributed by atoms with van der Waals surface area (Å²) in [5, 5.41) is 11.2. The van der Waals surface area contributed by atoms with Gasteiger partial charge in [-0.1, -0.05) is 26.0 Å². The Morgan fingerprint density at radius 3 is 3.00 bits per heavy atom. The number of likely N-dealkylation sites (tertiary alicyclic amines) is 1. The smallest absolute Gasteiger partial charge is 0.229 e. The number of carbonyl (C=O) groups excluding carboxylic acids is 2. The third-order valence-corrected chi connectivity index (χ3v) is 4.04. The van der Waals surface area contributed by atoms with Crippen LogP contribution in [0.2, 0.25) is 0 Å². The maximum absolute atomic E-state index is 12.3. The minimum Gasteiger partial charge on any atom is -0.550 e. The number of carboxylic acids is 1. The molecule has 4 unspecified atom stereocenters. The molecule has 3 aliphatic heterocycles. The number of hydrogen-bond acceptors (Lipinski definition) is 4. The molecule has 3 rings (SSSR count). The number of fused-ring (bicyclic) bond motifs is 1. The molecule has 1 spiro atoms. The van der Waals surface area contributed by atoms with E-state index in [1.807, 2.05) is 19.9 Å². The highest BCUT2D eigenvalue weighted by atomic mass is 16.5. The van der Waals surface area contributed by atoms with E-state index in [1.54, 1.807) is 11.0 Å². The van der Waals surface area contributed by atoms with Gasteiger partial charge in [-0.25, -0.2) is 0 Å². The fourth-order valence-electron chi connectivity index (χ4n) is 3.44. The van der Waals surface area contributed by atoms with Gasteiger partial charge in [-0.15, -0.1) is 0 Å². The van der Waals surface area contributed by atoms with Gasteiger partial charge in [0.1, 0.15) is 5.60 Å². The van der Waals surface area contributed by atoms with E-state index in [2.05, 4.69) is 0 Å². The second-order valence-corrected chi connectivity index (χ2v) is 5.83. The van der Waals surface area contributed by atoms with Gasteiger partial charge in [-0.2, -0.15) is 0 Å². The van der Waals surface area contributed by atoms with Crippen LogP contribution in [0.25, 0.3) is 0 Å². The summed E-state index contributed by atoms with van der Waals surface area (Å²) in [6, 6.07) is 0. The van der Waals surface area contributed by atoms with Crippen molar-refractivity contribution in [3.8, 4) is 0 Å². The zero-order chi connectivity index (χ0) is 13.1. The summed E-state index contributed by atoms with van der Waals surface area (Å²) in [6.45, 7) is 5.16. The Hall–Kier alpha value is -1.36. The number of nitrogens with zero attached hydrogens (tertiary/aromatic N) is 1. The predicted octanol–water partition coefficient (Wildman–Crippen LogP) is -0.826. The van der Waals surface area contributed by atoms with Gasteiger partial charge in [0.05, 0.1) is 18.6 Å². The van der Waals surface area contributed by atoms with Gasteiger partial charge >= 0.3 is 0 Å². The van der Waals surface area contributed by atoms with Crippen LogP contribution < -0.4 is 5.11 Å². The number of carbonyl (C=O) groups is 2. The molecule has 3 heterocycles. The Labute approximate surface area is 105 Å². The minimum absolute atomic E-state index is 0.107. The number of rotatable bonds is 3. The molecule has 98 valence electrons. The summed E-state index contributed by atoms with van der Waals surface area (Å²) in [4.78, 5) is 25.3. The topological polar surface area (TPSA) is 69.7 Å². The fourth-order valence-corrected chi connectivity index (χ4v) is 3.44. The van der Waals surface area contributed by atoms with Crippen LogP contribution in [-0.4, -0.2) is 41.6 Å². The molecule has 0 radical (unpaired) electrons. The first-order valence-corrected chi connectivity index (χ1v) is 6.31. The molecule has 2 fully saturated rings. The first kappa shape index (κ1) is 11.7. The van der Waals surface area contributed by atoms with E-state index in [9.17, 15) is 14.7 Å². The summed E-state index contributed by atoms with van der Waals surface area (Å²) in [5.74, 6) is -2.37. The predicted molar refractivity (Wildman–Crippen MR) is 60.1 cm³/mol. The zero-order valence-electron chi connectivity index (χ0n) is 10.5. The van der Waals surface area contributed by atoms with Crippen molar-refractivity contribution in [2.75, 3.05) is 13.1 Å². The second-order valence-electron chi connectivity index (χ2n) is 5.83. The molecule has 4 atom stereocenters. The molecule has 0 aromatic rings. The zero-order valence-corrected chi connectivity index (χ0v) is 10.5. The first-order chi connectivity index (χ1) is 8.44. The van der Waals surface area contributed by atoms with E-state index in [-0.39, 0.29) is 5.91 Å². The normalized spacial score (nSPS) is 40.9. The third-order valence-electron chi connectivity index (χ3n) is 4.04. The number of aliphatic carboxylic acids is 1. The first-order valence-electron chi connectivity index (χ1n) is 6.31. The van der Waals surface area contributed by atoms with E-state index in [0.29, 0.717) is 19.0 Å². The summed E-state index contributed by atoms with van der Waals surface area (Å²) < 4.78 is 5.75. The van der Waals surface area contributed by atoms with Gasteiger partial charge in [-0.3, -0.25) is 4.79 Å². The van der Waals surface area contributed by atoms with E-state index >= 15 is 0 Å². The Morgan fingerprint density at radius 1 is 1.67 bits per heavy atom. The molecule has 2 bridgehead atoms. The number of amides is 1. The van der Waals surface area contributed by atoms with Gasteiger partial charge in [0.15, 0.2) is 0 Å². The van der Waals surface area contributed by atoms with E-state index in [0.717, 1.165) is 0 Å². The number of ether oxygens (including phenoxy) is 1. The molecule has 5 nitrogen and oxygen atoms in total. The molecule has 0 aromatic carbocycles. The molecule has 0 N–H and O–H groups in total. The summed E-state index contributed by atoms with van der Waals surface area (Å²) in [7, 11) is 0. The van der Waals surface area contributed by atoms with Crippen molar-refractivity contribution in [3.63, 3.8) is 0 Å². The standard InChI is InChI=1S/C13H17NO4/c1-7(2)5-14-6-13-4-3-8(18-13)9(12(16)17)10(13)11(14)15/h3-4,7-10H,5-6H2,1-2H3,(H,16,17)/p-1. The van der Waals surface area contributed by atoms with Crippen LogP contribution in [0.1, 0.15) is 13.8 Å². The van der Waals surface area contributed by atoms with Crippen LogP contribution in [0.3, 0.4) is 0 Å². The van der Waals surface area contributed by atoms with Crippen molar-refractivity contribution in [2.45, 2.75) is 25.6 Å². The monoisotopic (exact) mass is 250 g/mol. The van der Waals surface area contributed by atoms with Crippen molar-refractivity contribution in [3.05, 3.63) is 12.2 Å². The van der Waals surface area contributed by atoms with Crippen LogP contribution in [0.15, 0.2) is 12.2 Å². The highest BCUT2D eigenvalue weighted by molar-refractivity contribution is 5.90. The van der Waals surface area contributed by atoms with Crippen LogP contribution in [0.5, 0.6) is 0 Å². The number of hydrogen-bond donors (Lipinski definition) is 0. The van der Waals surface area contributed by atoms with Crippen LogP contribution >= 0.6 is 0 Å². The van der Waals surface area contributed by atoms with Crippen molar-refractivity contribution >= 4 is 11.9 Å². The summed E-state index contributed by atoms with van der Waals surface area (Å²) in [5.41, 5.74) is -0.721. The lowest BCUT2D eigenvalue weighted by Gasteiger charge is -2.24. The lowest BCUT2D eigenvalue weighted by Crippen LogP contribution is -2.45. The molecule has 0 aliphatic carbocycles. The van der Waals surface area contributed by atoms with Crippen molar-refractivity contribution in [1.82, 2.24) is 4.90 Å². The highest BCUT2D eigenvalue weighted by Crippen LogP contribution is 2.51. The molecule has 0 saturated carbocycles. The second kappa shape index (κ2) is 3.57. The average molecular weight is 250 g/mol. The van der Waals surface area contributed by atoms with Crippen LogP contribution in [-0.2, 0) is 14.3 Å². The van der Waals surface area contributed by atoms with Gasteiger partial charge in [0.2, 0.25) is 5.91 Å². The quantitative estimate of drug-likeness (QED) is 0.613. The van der Waals surface area contributed by atoms with Crippen LogP contribution in [0, 0.1) is 17.8 Å². The van der Waals surface area contributed by atoms with Gasteiger partial charge in [0.25, 0.3) is 0 Å². The maximum Gasteiger partial charge on any atom is 0.229 e. The molecule has 1 amide bonds. The molecule has 2 saturated heterocycles. The molecule has 18 heavy (non-hydrogen) atoms. The highest BCUT2D eigenvalue weighted by Gasteiger charge is 2.65. The molecular formula is C13H16NO4-. The molecular weight excluding hydrogens is 234 g/mol. The molecule has 0 aromatic heterocycles. The van der Waals surface area contributed by atoms with E-state index in [1.165, 1.54) is 0 Å². The Morgan fingerprint density at radius 2 is 2.39 bits per heavy atom. The van der Waals surface area contributed by atoms with Gasteiger partial charge in [-0.05, 0) is 5.92 Å². The lowest BCUT2D eigenvalue weighted by atomic mass is 9.77. The molecule has 3 aliphatic rings. The Balaban J connectivity index is 1.92. The van der Waals surface area contributed by atoms with Crippen molar-refractivity contribution in [1.29, 1.82) is 0 Å². The summed E-state index contributed by atoms with van der Waals surface area (Å²) in [6.07, 6.45) is 3.12. The average Bonchev–Trinajstić information content (AvgIpc) is 2.87. The van der Waals surface area contributed by atoms with Gasteiger partial charge < -0.3 is 19.5 Å². The Bertz CT molecular complexity index is 444. The SMILES string of the molecule is CC(C)CN1CC23C=CC(O2)C(C(=O)[O-])C3C1=O. The fraction of sp³-hybridized carbons (Fsp3) is 0.692. The third kappa shape index (κ3) is 1.37. The maximum atomic E-state index is 12.3. The lowest BCUT2D eigenvalue weighted by molar-refractivity contribution is -0.313. The number of carboxylic acid groups (broad SMARTS) is 1. The van der Waals surface area contributed by atoms with E-state index in [4.69, 9.17) is 4.74 Å². The van der Waals surface area contributed by atoms with Gasteiger partial charge in [0, 0.05) is 18.4 Å². The largest absolute Gasteiger partial charge is 0.550 e. The molecule has 5 heteroatoms. The minimum atomic E-state index is -1.18. The van der Waals surface area contributed by atoms with Crippen LogP contribution in [0.4, 0.5) is 0 Å².